The largest absolute Gasteiger partial charge is 0.412 e. The molecule has 0 aliphatic rings. The number of nitrogens with two attached hydrogens (primary N) is 1. The van der Waals surface area contributed by atoms with Gasteiger partial charge in [0.05, 0.1) is 0 Å². The maximum atomic E-state index is 5.06. The third kappa shape index (κ3) is 3.23. The van der Waals surface area contributed by atoms with Gasteiger partial charge in [-0.3, -0.25) is 0 Å². The third-order valence-corrected chi connectivity index (χ3v) is 2.61. The summed E-state index contributed by atoms with van der Waals surface area (Å²) in [5, 5.41) is 3.35. The number of nitrogens with one attached hydrogen (secondary N) is 1. The molecule has 0 saturated carbocycles. The van der Waals surface area contributed by atoms with E-state index < -0.39 is 0 Å². The van der Waals surface area contributed by atoms with Gasteiger partial charge in [-0.15, -0.1) is 0 Å². The summed E-state index contributed by atoms with van der Waals surface area (Å²) in [6.45, 7) is 2.86. The van der Waals surface area contributed by atoms with Crippen LogP contribution in [0.4, 0.5) is 5.69 Å². The molecule has 0 aromatic heterocycles. The first-order valence-corrected chi connectivity index (χ1v) is 5.54. The molecule has 0 aliphatic carbocycles. The Kier molecular flexibility index (Phi) is 3.62. The van der Waals surface area contributed by atoms with Crippen molar-refractivity contribution in [3.63, 3.8) is 0 Å². The molecule has 0 unspecified atom stereocenters. The van der Waals surface area contributed by atoms with Crippen LogP contribution in [0.1, 0.15) is 11.1 Å². The highest BCUT2D eigenvalue weighted by atomic mass is 16.6. The van der Waals surface area contributed by atoms with Crippen molar-refractivity contribution in [2.75, 3.05) is 5.32 Å². The SMILES string of the molecule is Cc1ccc(NCc2ccc(ON)cc2)cc1. The molecule has 3 heteroatoms. The fraction of sp³-hybridized carbons (Fsp3) is 0.143. The molecular weight excluding hydrogens is 212 g/mol. The van der Waals surface area contributed by atoms with Crippen LogP contribution in [0.25, 0.3) is 0 Å². The lowest BCUT2D eigenvalue weighted by atomic mass is 10.2. The predicted octanol–water partition coefficient (Wildman–Crippen LogP) is 2.86. The highest BCUT2D eigenvalue weighted by Crippen LogP contribution is 2.13. The van der Waals surface area contributed by atoms with Crippen LogP contribution in [0.5, 0.6) is 5.75 Å². The molecule has 0 bridgehead atoms. The van der Waals surface area contributed by atoms with Crippen molar-refractivity contribution in [3.05, 3.63) is 59.7 Å². The molecule has 0 saturated heterocycles. The summed E-state index contributed by atoms with van der Waals surface area (Å²) in [6.07, 6.45) is 0. The first kappa shape index (κ1) is 11.5. The first-order chi connectivity index (χ1) is 8.28. The van der Waals surface area contributed by atoms with Gasteiger partial charge in [-0.05, 0) is 36.8 Å². The molecular formula is C14H16N2O. The minimum atomic E-state index is 0.670. The van der Waals surface area contributed by atoms with E-state index in [1.165, 1.54) is 11.1 Å². The highest BCUT2D eigenvalue weighted by molar-refractivity contribution is 5.45. The lowest BCUT2D eigenvalue weighted by molar-refractivity contribution is 0.334. The summed E-state index contributed by atoms with van der Waals surface area (Å²) in [5.41, 5.74) is 3.57. The Morgan fingerprint density at radius 1 is 1.00 bits per heavy atom. The quantitative estimate of drug-likeness (QED) is 0.791. The van der Waals surface area contributed by atoms with Crippen molar-refractivity contribution in [2.45, 2.75) is 13.5 Å². The maximum absolute atomic E-state index is 5.06. The van der Waals surface area contributed by atoms with E-state index >= 15 is 0 Å². The van der Waals surface area contributed by atoms with Gasteiger partial charge >= 0.3 is 0 Å². The van der Waals surface area contributed by atoms with Crippen molar-refractivity contribution >= 4 is 5.69 Å². The van der Waals surface area contributed by atoms with Crippen LogP contribution < -0.4 is 16.1 Å². The van der Waals surface area contributed by atoms with E-state index in [1.807, 2.05) is 24.3 Å². The van der Waals surface area contributed by atoms with Gasteiger partial charge < -0.3 is 10.2 Å². The van der Waals surface area contributed by atoms with Gasteiger partial charge in [0.25, 0.3) is 0 Å². The second kappa shape index (κ2) is 5.37. The summed E-state index contributed by atoms with van der Waals surface area (Å²) in [6, 6.07) is 16.0. The molecule has 17 heavy (non-hydrogen) atoms. The summed E-state index contributed by atoms with van der Waals surface area (Å²) >= 11 is 0. The zero-order chi connectivity index (χ0) is 12.1. The van der Waals surface area contributed by atoms with E-state index in [4.69, 9.17) is 5.90 Å². The fourth-order valence-electron chi connectivity index (χ4n) is 1.56. The van der Waals surface area contributed by atoms with Crippen LogP contribution >= 0.6 is 0 Å². The molecule has 0 fully saturated rings. The minimum Gasteiger partial charge on any atom is -0.412 e. The van der Waals surface area contributed by atoms with E-state index in [-0.39, 0.29) is 0 Å². The lowest BCUT2D eigenvalue weighted by Crippen LogP contribution is -2.02. The summed E-state index contributed by atoms with van der Waals surface area (Å²) in [5.74, 6) is 5.73. The average molecular weight is 228 g/mol. The molecule has 0 amide bonds. The number of anilines is 1. The van der Waals surface area contributed by atoms with Crippen LogP contribution in [0.15, 0.2) is 48.5 Å². The Balaban J connectivity index is 1.95. The van der Waals surface area contributed by atoms with E-state index in [0.717, 1.165) is 12.2 Å². The maximum Gasteiger partial charge on any atom is 0.146 e. The van der Waals surface area contributed by atoms with Crippen molar-refractivity contribution in [2.24, 2.45) is 5.90 Å². The molecule has 0 radical (unpaired) electrons. The molecule has 2 aromatic rings. The average Bonchev–Trinajstić information content (AvgIpc) is 2.39. The van der Waals surface area contributed by atoms with Gasteiger partial charge in [0, 0.05) is 12.2 Å². The van der Waals surface area contributed by atoms with Crippen LogP contribution in [-0.2, 0) is 6.54 Å². The standard InChI is InChI=1S/C14H16N2O/c1-11-2-6-13(7-3-11)16-10-12-4-8-14(17-15)9-5-12/h2-9,16H,10,15H2,1H3. The zero-order valence-corrected chi connectivity index (χ0v) is 9.81. The molecule has 2 aromatic carbocycles. The van der Waals surface area contributed by atoms with Gasteiger partial charge in [0.1, 0.15) is 5.75 Å². The minimum absolute atomic E-state index is 0.670. The van der Waals surface area contributed by atoms with Crippen molar-refractivity contribution < 1.29 is 4.84 Å². The van der Waals surface area contributed by atoms with Crippen LogP contribution in [0.3, 0.4) is 0 Å². The second-order valence-corrected chi connectivity index (χ2v) is 3.98. The molecule has 3 nitrogen and oxygen atoms in total. The number of hydrogen-bond acceptors (Lipinski definition) is 3. The zero-order valence-electron chi connectivity index (χ0n) is 9.81. The van der Waals surface area contributed by atoms with E-state index in [9.17, 15) is 0 Å². The van der Waals surface area contributed by atoms with E-state index in [0.29, 0.717) is 5.75 Å². The lowest BCUT2D eigenvalue weighted by Gasteiger charge is -2.07. The van der Waals surface area contributed by atoms with E-state index in [1.54, 1.807) is 0 Å². The predicted molar refractivity (Wildman–Crippen MR) is 69.8 cm³/mol. The third-order valence-electron chi connectivity index (χ3n) is 2.61. The monoisotopic (exact) mass is 228 g/mol. The van der Waals surface area contributed by atoms with Crippen molar-refractivity contribution in [3.8, 4) is 5.75 Å². The van der Waals surface area contributed by atoms with Crippen molar-refractivity contribution in [1.82, 2.24) is 0 Å². The number of aryl methyl sites for hydroxylation is 1. The van der Waals surface area contributed by atoms with Crippen LogP contribution in [-0.4, -0.2) is 0 Å². The number of benzene rings is 2. The molecule has 88 valence electrons. The second-order valence-electron chi connectivity index (χ2n) is 3.98. The molecule has 0 atom stereocenters. The Labute approximate surface area is 101 Å². The topological polar surface area (TPSA) is 47.3 Å². The van der Waals surface area contributed by atoms with Gasteiger partial charge in [0.15, 0.2) is 0 Å². The van der Waals surface area contributed by atoms with Gasteiger partial charge in [-0.2, -0.15) is 5.90 Å². The summed E-state index contributed by atoms with van der Waals surface area (Å²) in [4.78, 5) is 4.62. The molecule has 0 spiro atoms. The van der Waals surface area contributed by atoms with Gasteiger partial charge in [-0.1, -0.05) is 29.8 Å². The van der Waals surface area contributed by atoms with Crippen LogP contribution in [0.2, 0.25) is 0 Å². The fourth-order valence-corrected chi connectivity index (χ4v) is 1.56. The molecule has 0 heterocycles. The Morgan fingerprint density at radius 2 is 1.65 bits per heavy atom. The first-order valence-electron chi connectivity index (χ1n) is 5.54. The highest BCUT2D eigenvalue weighted by Gasteiger charge is 1.95. The summed E-state index contributed by atoms with van der Waals surface area (Å²) in [7, 11) is 0. The smallest absolute Gasteiger partial charge is 0.146 e. The van der Waals surface area contributed by atoms with Gasteiger partial charge in [-0.25, -0.2) is 0 Å². The Hall–Kier alpha value is -2.00. The number of rotatable bonds is 4. The molecule has 2 rings (SSSR count). The normalized spacial score (nSPS) is 10.0. The molecule has 3 N–H and O–H groups in total. The van der Waals surface area contributed by atoms with Crippen LogP contribution in [0, 0.1) is 6.92 Å². The summed E-state index contributed by atoms with van der Waals surface area (Å²) < 4.78 is 0. The molecule has 0 aliphatic heterocycles. The van der Waals surface area contributed by atoms with Crippen molar-refractivity contribution in [1.29, 1.82) is 0 Å². The van der Waals surface area contributed by atoms with E-state index in [2.05, 4.69) is 41.3 Å². The van der Waals surface area contributed by atoms with Gasteiger partial charge in [0.2, 0.25) is 0 Å². The number of hydrogen-bond donors (Lipinski definition) is 2. The Morgan fingerprint density at radius 3 is 2.24 bits per heavy atom. The Bertz CT molecular complexity index is 463.